The summed E-state index contributed by atoms with van der Waals surface area (Å²) < 4.78 is 48.5. The first-order valence-electron chi connectivity index (χ1n) is 31.8. The largest absolute Gasteiger partial charge is 0.493 e. The number of hydrogen-bond acceptors (Lipinski definition) is 17. The molecule has 0 saturated carbocycles. The van der Waals surface area contributed by atoms with Crippen molar-refractivity contribution in [2.75, 3.05) is 87.7 Å². The first-order chi connectivity index (χ1) is 45.1. The van der Waals surface area contributed by atoms with Crippen LogP contribution in [0.5, 0.6) is 17.2 Å². The van der Waals surface area contributed by atoms with Gasteiger partial charge >= 0.3 is 0 Å². The van der Waals surface area contributed by atoms with E-state index in [9.17, 15) is 42.5 Å². The number of nitrogens with one attached hydrogen (secondary N) is 5. The van der Waals surface area contributed by atoms with Crippen molar-refractivity contribution in [3.8, 4) is 28.4 Å². The van der Waals surface area contributed by atoms with Crippen LogP contribution in [-0.4, -0.2) is 146 Å². The van der Waals surface area contributed by atoms with E-state index >= 15 is 0 Å². The van der Waals surface area contributed by atoms with E-state index in [-0.39, 0.29) is 53.0 Å². The molecule has 5 aromatic carbocycles. The highest BCUT2D eigenvalue weighted by Crippen LogP contribution is 2.38. The molecule has 4 saturated heterocycles. The summed E-state index contributed by atoms with van der Waals surface area (Å²) in [6, 6.07) is 30.8. The number of carbonyl (C=O) groups excluding carboxylic acids is 5. The highest BCUT2D eigenvalue weighted by Gasteiger charge is 2.40. The standard InChI is InChI=1S/C68H74ClN11O12S/c69-48-13-11-46(12-14-48)52-6-5-9-61(91-43-45-22-28-78(29-23-45)64(82)10-2-1-3-26-70-57-8-4-7-53-55(57)42-79(68(53)85)59-19-20-63(81)74-67(59)84)56(52)41-76-30-32-77(33-31-76)49-15-17-54(62(37-49)92-50-36-47-21-27-71-65(47)73-40-50)66(83)75-93(88,89)51-16-18-58(60(38-51)80(86)87)72-39-44-24-34-90-35-25-44/h4-9,11-18,21,27,36-38,40,44-45,59,70,72H,1-3,10,19-20,22-26,28-35,39,41-43H2,(H,71,73)(H,75,83)(H,74,81,84). The van der Waals surface area contributed by atoms with Crippen LogP contribution in [0, 0.1) is 22.0 Å². The third-order valence-electron chi connectivity index (χ3n) is 18.3. The highest BCUT2D eigenvalue weighted by molar-refractivity contribution is 7.90. The van der Waals surface area contributed by atoms with E-state index in [0.29, 0.717) is 120 Å². The SMILES string of the molecule is O=C1CCC(N2Cc3c(NCCCCCC(=O)N4CCC(COc5cccc(-c6ccc(Cl)cc6)c5CN5CCN(c6ccc(C(=O)NS(=O)(=O)c7ccc(NCC8CCOCC8)c([N+](=O)[O-])c7)c(Oc7cnc8[nH]ccc8c7)c6)CC5)CC4)cccc3C2=O)C(=O)N1. The number of fused-ring (bicyclic) bond motifs is 2. The van der Waals surface area contributed by atoms with E-state index in [0.717, 1.165) is 95.8 Å². The number of ether oxygens (including phenoxy) is 3. The molecule has 4 fully saturated rings. The number of piperazine rings is 1. The van der Waals surface area contributed by atoms with Crippen molar-refractivity contribution in [3.63, 3.8) is 0 Å². The second-order valence-electron chi connectivity index (χ2n) is 24.3. The van der Waals surface area contributed by atoms with Crippen LogP contribution in [0.15, 0.2) is 126 Å². The molecule has 0 radical (unpaired) electrons. The Kier molecular flexibility index (Phi) is 19.8. The number of sulfonamides is 1. The molecule has 1 unspecified atom stereocenters. The predicted molar refractivity (Wildman–Crippen MR) is 351 cm³/mol. The number of nitro benzene ring substituents is 1. The van der Waals surface area contributed by atoms with Gasteiger partial charge in [-0.2, -0.15) is 0 Å². The minimum absolute atomic E-state index is 0.0731. The van der Waals surface area contributed by atoms with Gasteiger partial charge in [0.2, 0.25) is 17.7 Å². The van der Waals surface area contributed by atoms with Crippen LogP contribution in [0.4, 0.5) is 22.7 Å². The number of pyridine rings is 1. The van der Waals surface area contributed by atoms with E-state index in [4.69, 9.17) is 25.8 Å². The number of aromatic amines is 1. The molecule has 12 rings (SSSR count). The molecule has 0 bridgehead atoms. The quantitative estimate of drug-likeness (QED) is 0.0163. The molecule has 0 spiro atoms. The second-order valence-corrected chi connectivity index (χ2v) is 26.5. The Hall–Kier alpha value is -9.10. The summed E-state index contributed by atoms with van der Waals surface area (Å²) in [4.78, 5) is 91.9. The fourth-order valence-electron chi connectivity index (χ4n) is 12.9. The molecule has 7 aromatic rings. The van der Waals surface area contributed by atoms with Crippen molar-refractivity contribution in [2.24, 2.45) is 11.8 Å². The Morgan fingerprint density at radius 1 is 0.796 bits per heavy atom. The monoisotopic (exact) mass is 1300 g/mol. The number of unbranched alkanes of at least 4 members (excludes halogenated alkanes) is 2. The fourth-order valence-corrected chi connectivity index (χ4v) is 14.0. The number of H-pyrrole nitrogens is 1. The lowest BCUT2D eigenvalue weighted by atomic mass is 9.96. The van der Waals surface area contributed by atoms with E-state index in [2.05, 4.69) is 46.5 Å². The molecule has 0 aliphatic carbocycles. The molecular formula is C68H74ClN11O12S. The van der Waals surface area contributed by atoms with Crippen LogP contribution in [0.3, 0.4) is 0 Å². The van der Waals surface area contributed by atoms with Gasteiger partial charge in [-0.25, -0.2) is 18.1 Å². The number of halogens is 1. The maximum atomic E-state index is 14.2. The predicted octanol–water partition coefficient (Wildman–Crippen LogP) is 9.91. The Morgan fingerprint density at radius 3 is 2.37 bits per heavy atom. The third-order valence-corrected chi connectivity index (χ3v) is 19.8. The number of benzene rings is 5. The van der Waals surface area contributed by atoms with Crippen molar-refractivity contribution in [1.82, 2.24) is 34.7 Å². The average molecular weight is 1300 g/mol. The minimum atomic E-state index is -4.63. The van der Waals surface area contributed by atoms with Crippen molar-refractivity contribution in [1.29, 1.82) is 0 Å². The summed E-state index contributed by atoms with van der Waals surface area (Å²) in [6.07, 6.45) is 9.92. The van der Waals surface area contributed by atoms with Gasteiger partial charge in [0, 0.05) is 148 Å². The first kappa shape index (κ1) is 64.0. The van der Waals surface area contributed by atoms with Gasteiger partial charge in [0.05, 0.1) is 28.2 Å². The van der Waals surface area contributed by atoms with Gasteiger partial charge in [0.15, 0.2) is 0 Å². The summed E-state index contributed by atoms with van der Waals surface area (Å²) in [5.41, 5.74) is 6.34. The topological polar surface area (TPSA) is 280 Å². The number of carbonyl (C=O) groups is 5. The number of likely N-dealkylation sites (tertiary alicyclic amines) is 1. The molecule has 5 aliphatic rings. The van der Waals surface area contributed by atoms with Gasteiger partial charge in [-0.15, -0.1) is 0 Å². The molecule has 5 amide bonds. The lowest BCUT2D eigenvalue weighted by molar-refractivity contribution is -0.384. The Balaban J connectivity index is 0.651. The molecule has 5 aliphatic heterocycles. The van der Waals surface area contributed by atoms with Crippen LogP contribution >= 0.6 is 11.6 Å². The van der Waals surface area contributed by atoms with Crippen LogP contribution in [0.1, 0.15) is 96.1 Å². The van der Waals surface area contributed by atoms with E-state index in [1.165, 1.54) is 24.4 Å². The number of hydrogen-bond donors (Lipinski definition) is 5. The number of nitro groups is 1. The summed E-state index contributed by atoms with van der Waals surface area (Å²) in [7, 11) is -4.63. The maximum Gasteiger partial charge on any atom is 0.293 e. The normalized spacial score (nSPS) is 17.5. The van der Waals surface area contributed by atoms with Gasteiger partial charge in [-0.3, -0.25) is 44.3 Å². The number of aromatic nitrogens is 2. The minimum Gasteiger partial charge on any atom is -0.493 e. The molecule has 7 heterocycles. The molecule has 25 heteroatoms. The molecule has 93 heavy (non-hydrogen) atoms. The lowest BCUT2D eigenvalue weighted by Crippen LogP contribution is -2.52. The van der Waals surface area contributed by atoms with Gasteiger partial charge in [-0.05, 0) is 135 Å². The zero-order valence-electron chi connectivity index (χ0n) is 51.4. The van der Waals surface area contributed by atoms with Crippen LogP contribution in [-0.2, 0) is 42.2 Å². The molecular weight excluding hydrogens is 1230 g/mol. The number of amides is 5. The van der Waals surface area contributed by atoms with Crippen molar-refractivity contribution < 1.29 is 51.5 Å². The number of anilines is 3. The molecule has 1 atom stereocenters. The average Bonchev–Trinajstić information content (AvgIpc) is 1.75. The number of rotatable bonds is 24. The van der Waals surface area contributed by atoms with E-state index in [1.54, 1.807) is 35.4 Å². The zero-order chi connectivity index (χ0) is 64.6. The van der Waals surface area contributed by atoms with E-state index < -0.39 is 43.4 Å². The summed E-state index contributed by atoms with van der Waals surface area (Å²) in [5.74, 6) is -0.138. The third kappa shape index (κ3) is 15.2. The van der Waals surface area contributed by atoms with Gasteiger partial charge in [0.1, 0.15) is 34.6 Å². The fraction of sp³-hybridized carbons (Fsp3) is 0.382. The zero-order valence-corrected chi connectivity index (χ0v) is 53.0. The maximum absolute atomic E-state index is 14.2. The van der Waals surface area contributed by atoms with Gasteiger partial charge in [-0.1, -0.05) is 48.4 Å². The van der Waals surface area contributed by atoms with Crippen LogP contribution in [0.25, 0.3) is 22.2 Å². The van der Waals surface area contributed by atoms with Gasteiger partial charge < -0.3 is 44.5 Å². The van der Waals surface area contributed by atoms with Crippen molar-refractivity contribution >= 4 is 84.9 Å². The van der Waals surface area contributed by atoms with Crippen molar-refractivity contribution in [3.05, 3.63) is 159 Å². The molecule has 486 valence electrons. The Bertz CT molecular complexity index is 4050. The van der Waals surface area contributed by atoms with Crippen molar-refractivity contribution in [2.45, 2.75) is 88.2 Å². The van der Waals surface area contributed by atoms with Crippen LogP contribution < -0.4 is 35.0 Å². The molecule has 2 aromatic heterocycles. The summed E-state index contributed by atoms with van der Waals surface area (Å²) in [5, 5.41) is 22.6. The van der Waals surface area contributed by atoms with Crippen LogP contribution in [0.2, 0.25) is 5.02 Å². The lowest BCUT2D eigenvalue weighted by Gasteiger charge is -2.37. The summed E-state index contributed by atoms with van der Waals surface area (Å²) in [6.45, 7) is 7.55. The molecule has 23 nitrogen and oxygen atoms in total. The Labute approximate surface area is 543 Å². The van der Waals surface area contributed by atoms with E-state index in [1.807, 2.05) is 59.5 Å². The number of piperidine rings is 2. The first-order valence-corrected chi connectivity index (χ1v) is 33.7. The van der Waals surface area contributed by atoms with Gasteiger partial charge in [0.25, 0.3) is 27.5 Å². The second kappa shape index (κ2) is 28.8. The highest BCUT2D eigenvalue weighted by atomic mass is 35.5. The summed E-state index contributed by atoms with van der Waals surface area (Å²) >= 11 is 6.38. The number of nitrogens with zero attached hydrogens (tertiary/aromatic N) is 6. The molecule has 5 N–H and O–H groups in total. The smallest absolute Gasteiger partial charge is 0.293 e. The Morgan fingerprint density at radius 2 is 1.58 bits per heavy atom. The number of imide groups is 1.